The van der Waals surface area contributed by atoms with Gasteiger partial charge in [0.25, 0.3) is 0 Å². The number of rotatable bonds is 3. The highest BCUT2D eigenvalue weighted by molar-refractivity contribution is 7.79. The van der Waals surface area contributed by atoms with Gasteiger partial charge in [-0.05, 0) is 29.3 Å². The van der Waals surface area contributed by atoms with E-state index in [4.69, 9.17) is 11.6 Å². The zero-order valence-electron chi connectivity index (χ0n) is 8.13. The molecule has 18 heavy (non-hydrogen) atoms. The molecule has 0 amide bonds. The van der Waals surface area contributed by atoms with Crippen LogP contribution in [-0.4, -0.2) is 21.0 Å². The molecule has 0 heterocycles. The number of alkyl halides is 5. The molecule has 1 unspecified atom stereocenters. The van der Waals surface area contributed by atoms with Crippen LogP contribution in [0.1, 0.15) is 0 Å². The van der Waals surface area contributed by atoms with Crippen LogP contribution in [0.4, 0.5) is 22.0 Å². The lowest BCUT2D eigenvalue weighted by atomic mass is 10.3. The van der Waals surface area contributed by atoms with E-state index in [1.54, 1.807) is 0 Å². The molecule has 0 aliphatic heterocycles. The number of halogens is 6. The Balaban J connectivity index is 3.03. The lowest BCUT2D eigenvalue weighted by Gasteiger charge is -2.21. The number of hydrogen-bond acceptors (Lipinski definition) is 3. The Bertz CT molecular complexity index is 476. The van der Waals surface area contributed by atoms with Crippen LogP contribution in [-0.2, 0) is 11.1 Å². The maximum atomic E-state index is 12.5. The molecule has 0 aliphatic rings. The third-order valence-corrected chi connectivity index (χ3v) is 2.60. The molecule has 102 valence electrons. The van der Waals surface area contributed by atoms with Gasteiger partial charge in [0.15, 0.2) is 0 Å². The van der Waals surface area contributed by atoms with E-state index in [9.17, 15) is 30.7 Å². The van der Waals surface area contributed by atoms with Gasteiger partial charge in [-0.3, -0.25) is 4.21 Å². The Morgan fingerprint density at radius 3 is 2.17 bits per heavy atom. The van der Waals surface area contributed by atoms with Crippen LogP contribution in [0.3, 0.4) is 0 Å². The van der Waals surface area contributed by atoms with Crippen LogP contribution in [0.5, 0.6) is 5.75 Å². The highest BCUT2D eigenvalue weighted by Crippen LogP contribution is 2.39. The van der Waals surface area contributed by atoms with Crippen molar-refractivity contribution in [1.29, 1.82) is 0 Å². The minimum absolute atomic E-state index is 0.373. The van der Waals surface area contributed by atoms with E-state index in [-0.39, 0.29) is 4.90 Å². The molecule has 0 N–H and O–H groups in total. The van der Waals surface area contributed by atoms with Crippen molar-refractivity contribution in [3.8, 4) is 5.75 Å². The van der Waals surface area contributed by atoms with Crippen molar-refractivity contribution in [1.82, 2.24) is 0 Å². The Hall–Kier alpha value is -0.930. The van der Waals surface area contributed by atoms with Crippen LogP contribution in [0.15, 0.2) is 23.1 Å². The molecule has 1 rings (SSSR count). The zero-order valence-corrected chi connectivity index (χ0v) is 9.71. The van der Waals surface area contributed by atoms with Gasteiger partial charge in [0, 0.05) is 4.90 Å². The fraction of sp³-hybridized carbons (Fsp3) is 0.250. The van der Waals surface area contributed by atoms with Crippen molar-refractivity contribution >= 4 is 22.7 Å². The Morgan fingerprint density at radius 1 is 1.22 bits per heavy atom. The molecule has 0 aliphatic carbocycles. The molecule has 0 fully saturated rings. The molecule has 0 saturated carbocycles. The second kappa shape index (κ2) is 4.98. The smallest absolute Gasteiger partial charge is 0.499 e. The largest absolute Gasteiger partial charge is 0.768 e. The van der Waals surface area contributed by atoms with E-state index in [1.165, 1.54) is 0 Å². The summed E-state index contributed by atoms with van der Waals surface area (Å²) in [6, 6.07) is 2.07. The quantitative estimate of drug-likeness (QED) is 0.637. The van der Waals surface area contributed by atoms with Gasteiger partial charge in [0.05, 0.1) is 5.02 Å². The van der Waals surface area contributed by atoms with Crippen LogP contribution in [0.2, 0.25) is 5.02 Å². The molecule has 1 atom stereocenters. The van der Waals surface area contributed by atoms with Crippen LogP contribution in [0.25, 0.3) is 0 Å². The van der Waals surface area contributed by atoms with Gasteiger partial charge in [0.2, 0.25) is 0 Å². The number of benzene rings is 1. The van der Waals surface area contributed by atoms with Gasteiger partial charge in [-0.1, -0.05) is 11.6 Å². The monoisotopic (exact) mass is 309 g/mol. The maximum absolute atomic E-state index is 12.5. The van der Waals surface area contributed by atoms with E-state index in [0.29, 0.717) is 12.1 Å². The molecule has 0 aromatic heterocycles. The highest BCUT2D eigenvalue weighted by atomic mass is 35.5. The third kappa shape index (κ3) is 3.30. The van der Waals surface area contributed by atoms with Crippen LogP contribution in [0, 0.1) is 0 Å². The van der Waals surface area contributed by atoms with E-state index in [0.717, 1.165) is 6.07 Å². The molecule has 1 aromatic rings. The number of hydrogen-bond donors (Lipinski definition) is 0. The van der Waals surface area contributed by atoms with Gasteiger partial charge in [0.1, 0.15) is 5.75 Å². The highest BCUT2D eigenvalue weighted by Gasteiger charge is 2.61. The molecular weight excluding hydrogens is 307 g/mol. The summed E-state index contributed by atoms with van der Waals surface area (Å²) in [5.41, 5.74) is 0. The first-order chi connectivity index (χ1) is 8.04. The molecule has 0 bridgehead atoms. The summed E-state index contributed by atoms with van der Waals surface area (Å²) >= 11 is 2.64. The molecular formula is C8H3ClF5O3S-. The summed E-state index contributed by atoms with van der Waals surface area (Å²) in [6.07, 6.45) is -11.3. The fourth-order valence-electron chi connectivity index (χ4n) is 0.864. The van der Waals surface area contributed by atoms with Crippen LogP contribution >= 0.6 is 11.6 Å². The first kappa shape index (κ1) is 15.1. The predicted octanol–water partition coefficient (Wildman–Crippen LogP) is 3.11. The maximum Gasteiger partial charge on any atom is 0.499 e. The van der Waals surface area contributed by atoms with Crippen molar-refractivity contribution in [2.75, 3.05) is 0 Å². The second-order valence-corrected chi connectivity index (χ2v) is 4.29. The molecule has 0 radical (unpaired) electrons. The summed E-state index contributed by atoms with van der Waals surface area (Å²) in [6.45, 7) is 0. The summed E-state index contributed by atoms with van der Waals surface area (Å²) in [7, 11) is 0. The molecule has 10 heteroatoms. The van der Waals surface area contributed by atoms with Gasteiger partial charge in [-0.15, -0.1) is 0 Å². The van der Waals surface area contributed by atoms with Crippen molar-refractivity contribution in [2.24, 2.45) is 0 Å². The van der Waals surface area contributed by atoms with Gasteiger partial charge >= 0.3 is 12.3 Å². The molecule has 0 spiro atoms. The first-order valence-electron chi connectivity index (χ1n) is 4.07. The molecule has 1 aromatic carbocycles. The summed E-state index contributed by atoms with van der Waals surface area (Å²) in [5, 5.41) is -0.680. The lowest BCUT2D eigenvalue weighted by Crippen LogP contribution is -2.41. The molecule has 0 saturated heterocycles. The predicted molar refractivity (Wildman–Crippen MR) is 50.3 cm³/mol. The van der Waals surface area contributed by atoms with E-state index >= 15 is 0 Å². The fourth-order valence-corrected chi connectivity index (χ4v) is 1.54. The minimum atomic E-state index is -5.91. The van der Waals surface area contributed by atoms with Crippen molar-refractivity contribution in [3.63, 3.8) is 0 Å². The normalized spacial score (nSPS) is 14.4. The van der Waals surface area contributed by atoms with Crippen molar-refractivity contribution < 1.29 is 35.5 Å². The van der Waals surface area contributed by atoms with Gasteiger partial charge in [-0.2, -0.15) is 22.0 Å². The zero-order chi connectivity index (χ0) is 14.1. The SMILES string of the molecule is O=S([O-])c1ccc(OC(F)(F)C(F)(F)F)c(Cl)c1. The van der Waals surface area contributed by atoms with E-state index in [1.807, 2.05) is 0 Å². The Kier molecular flexibility index (Phi) is 4.19. The summed E-state index contributed by atoms with van der Waals surface area (Å²) in [4.78, 5) is -0.373. The third-order valence-electron chi connectivity index (χ3n) is 1.66. The van der Waals surface area contributed by atoms with E-state index in [2.05, 4.69) is 4.74 Å². The minimum Gasteiger partial charge on any atom is -0.768 e. The summed E-state index contributed by atoms with van der Waals surface area (Å²) in [5.74, 6) is -0.979. The lowest BCUT2D eigenvalue weighted by molar-refractivity contribution is -0.360. The van der Waals surface area contributed by atoms with Gasteiger partial charge in [-0.25, -0.2) is 0 Å². The van der Waals surface area contributed by atoms with E-state index < -0.39 is 34.1 Å². The molecule has 3 nitrogen and oxygen atoms in total. The average molecular weight is 310 g/mol. The standard InChI is InChI=1S/C8H4ClF5O3S/c9-5-3-4(18(15)16)1-2-6(5)17-8(13,14)7(10,11)12/h1-3H,(H,15,16)/p-1. The topological polar surface area (TPSA) is 49.4 Å². The first-order valence-corrected chi connectivity index (χ1v) is 5.52. The Morgan fingerprint density at radius 2 is 1.78 bits per heavy atom. The second-order valence-electron chi connectivity index (χ2n) is 2.94. The van der Waals surface area contributed by atoms with Gasteiger partial charge < -0.3 is 9.29 Å². The number of ether oxygens (including phenoxy) is 1. The van der Waals surface area contributed by atoms with Crippen molar-refractivity contribution in [2.45, 2.75) is 17.2 Å². The van der Waals surface area contributed by atoms with Crippen LogP contribution < -0.4 is 4.74 Å². The Labute approximate surface area is 105 Å². The average Bonchev–Trinajstić information content (AvgIpc) is 2.18. The van der Waals surface area contributed by atoms with Crippen molar-refractivity contribution in [3.05, 3.63) is 23.2 Å². The summed E-state index contributed by atoms with van der Waals surface area (Å²) < 4.78 is 85.0.